The zero-order chi connectivity index (χ0) is 10.8. The summed E-state index contributed by atoms with van der Waals surface area (Å²) in [6, 6.07) is 0. The Morgan fingerprint density at radius 2 is 1.73 bits per heavy atom. The largest absolute Gasteiger partial charge is 0.465 e. The summed E-state index contributed by atoms with van der Waals surface area (Å²) < 4.78 is 0. The van der Waals surface area contributed by atoms with Crippen LogP contribution < -0.4 is 0 Å². The van der Waals surface area contributed by atoms with E-state index in [1.165, 1.54) is 4.90 Å². The third-order valence-electron chi connectivity index (χ3n) is 3.23. The Bertz CT molecular complexity index is 274. The highest BCUT2D eigenvalue weighted by atomic mass is 16.4. The molecule has 0 saturated carbocycles. The molecule has 0 aromatic carbocycles. The Morgan fingerprint density at radius 3 is 2.27 bits per heavy atom. The molecule has 0 bridgehead atoms. The van der Waals surface area contributed by atoms with Crippen LogP contribution in [-0.2, 0) is 4.79 Å². The lowest BCUT2D eigenvalue weighted by Crippen LogP contribution is -2.36. The van der Waals surface area contributed by atoms with Gasteiger partial charge in [-0.2, -0.15) is 0 Å². The number of hydrogen-bond donors (Lipinski definition) is 1. The second-order valence-corrected chi connectivity index (χ2v) is 4.25. The molecule has 2 fully saturated rings. The molecule has 84 valence electrons. The predicted octanol–water partition coefficient (Wildman–Crippen LogP) is 0.609. The molecule has 0 radical (unpaired) electrons. The van der Waals surface area contributed by atoms with Crippen molar-refractivity contribution in [3.63, 3.8) is 0 Å². The van der Waals surface area contributed by atoms with E-state index >= 15 is 0 Å². The average molecular weight is 212 g/mol. The van der Waals surface area contributed by atoms with E-state index in [2.05, 4.69) is 0 Å². The monoisotopic (exact) mass is 212 g/mol. The first kappa shape index (κ1) is 10.3. The van der Waals surface area contributed by atoms with Gasteiger partial charge in [0.25, 0.3) is 0 Å². The topological polar surface area (TPSA) is 60.9 Å². The zero-order valence-corrected chi connectivity index (χ0v) is 8.69. The molecule has 15 heavy (non-hydrogen) atoms. The Balaban J connectivity index is 1.89. The number of carbonyl (C=O) groups is 2. The van der Waals surface area contributed by atoms with Crippen molar-refractivity contribution in [3.05, 3.63) is 0 Å². The van der Waals surface area contributed by atoms with Crippen LogP contribution in [0.1, 0.15) is 19.3 Å². The van der Waals surface area contributed by atoms with Crippen molar-refractivity contribution in [1.82, 2.24) is 9.80 Å². The number of likely N-dealkylation sites (tertiary alicyclic amines) is 2. The minimum Gasteiger partial charge on any atom is -0.465 e. The van der Waals surface area contributed by atoms with Gasteiger partial charge in [-0.05, 0) is 19.3 Å². The number of carbonyl (C=O) groups excluding carboxylic acids is 1. The molecule has 2 heterocycles. The highest BCUT2D eigenvalue weighted by Gasteiger charge is 2.34. The Hall–Kier alpha value is -1.26. The van der Waals surface area contributed by atoms with Gasteiger partial charge in [0.2, 0.25) is 5.91 Å². The Kier molecular flexibility index (Phi) is 2.79. The normalized spacial score (nSPS) is 26.0. The van der Waals surface area contributed by atoms with Crippen LogP contribution in [0.25, 0.3) is 0 Å². The second-order valence-electron chi connectivity index (χ2n) is 4.25. The zero-order valence-electron chi connectivity index (χ0n) is 8.69. The molecule has 1 N–H and O–H groups in total. The van der Waals surface area contributed by atoms with Crippen molar-refractivity contribution >= 4 is 12.0 Å². The van der Waals surface area contributed by atoms with E-state index < -0.39 is 6.09 Å². The number of amides is 2. The van der Waals surface area contributed by atoms with Gasteiger partial charge in [-0.15, -0.1) is 0 Å². The molecule has 0 unspecified atom stereocenters. The maximum absolute atomic E-state index is 11.9. The molecule has 2 aliphatic heterocycles. The highest BCUT2D eigenvalue weighted by Crippen LogP contribution is 2.21. The number of carboxylic acid groups (broad SMARTS) is 1. The summed E-state index contributed by atoms with van der Waals surface area (Å²) in [5.74, 6) is 0.0513. The quantitative estimate of drug-likeness (QED) is 0.692. The van der Waals surface area contributed by atoms with Crippen LogP contribution >= 0.6 is 0 Å². The van der Waals surface area contributed by atoms with Crippen LogP contribution in [0.5, 0.6) is 0 Å². The Morgan fingerprint density at radius 1 is 1.07 bits per heavy atom. The smallest absolute Gasteiger partial charge is 0.407 e. The van der Waals surface area contributed by atoms with Crippen LogP contribution in [0.3, 0.4) is 0 Å². The molecule has 5 nitrogen and oxygen atoms in total. The van der Waals surface area contributed by atoms with Crippen molar-refractivity contribution in [2.24, 2.45) is 5.92 Å². The van der Waals surface area contributed by atoms with E-state index in [0.29, 0.717) is 19.5 Å². The molecule has 2 amide bonds. The first-order valence-corrected chi connectivity index (χ1v) is 5.45. The number of hydrogen-bond acceptors (Lipinski definition) is 2. The second kappa shape index (κ2) is 4.08. The van der Waals surface area contributed by atoms with Crippen molar-refractivity contribution in [1.29, 1.82) is 0 Å². The van der Waals surface area contributed by atoms with Gasteiger partial charge < -0.3 is 14.9 Å². The van der Waals surface area contributed by atoms with E-state index in [1.807, 2.05) is 4.90 Å². The summed E-state index contributed by atoms with van der Waals surface area (Å²) >= 11 is 0. The first-order valence-electron chi connectivity index (χ1n) is 5.45. The van der Waals surface area contributed by atoms with Crippen LogP contribution in [-0.4, -0.2) is 53.1 Å². The molecule has 1 atom stereocenters. The van der Waals surface area contributed by atoms with E-state index in [-0.39, 0.29) is 11.8 Å². The summed E-state index contributed by atoms with van der Waals surface area (Å²) in [7, 11) is 0. The van der Waals surface area contributed by atoms with Crippen molar-refractivity contribution in [2.45, 2.75) is 19.3 Å². The van der Waals surface area contributed by atoms with Crippen molar-refractivity contribution in [3.8, 4) is 0 Å². The molecule has 2 rings (SSSR count). The van der Waals surface area contributed by atoms with Crippen molar-refractivity contribution in [2.75, 3.05) is 26.2 Å². The van der Waals surface area contributed by atoms with Gasteiger partial charge in [-0.1, -0.05) is 0 Å². The average Bonchev–Trinajstić information content (AvgIpc) is 2.88. The van der Waals surface area contributed by atoms with E-state index in [4.69, 9.17) is 5.11 Å². The van der Waals surface area contributed by atoms with Crippen LogP contribution in [0.2, 0.25) is 0 Å². The molecule has 2 aliphatic rings. The van der Waals surface area contributed by atoms with Gasteiger partial charge in [-0.3, -0.25) is 4.79 Å². The van der Waals surface area contributed by atoms with Gasteiger partial charge in [0.05, 0.1) is 5.92 Å². The van der Waals surface area contributed by atoms with Gasteiger partial charge in [-0.25, -0.2) is 4.79 Å². The molecule has 0 aliphatic carbocycles. The summed E-state index contributed by atoms with van der Waals surface area (Å²) in [6.45, 7) is 2.58. The molecular weight excluding hydrogens is 196 g/mol. The summed E-state index contributed by atoms with van der Waals surface area (Å²) in [4.78, 5) is 25.8. The fourth-order valence-electron chi connectivity index (χ4n) is 2.33. The van der Waals surface area contributed by atoms with Gasteiger partial charge in [0, 0.05) is 26.2 Å². The molecule has 0 aromatic heterocycles. The molecule has 0 aromatic rings. The number of rotatable bonds is 1. The fourth-order valence-corrected chi connectivity index (χ4v) is 2.33. The minimum atomic E-state index is -0.910. The minimum absolute atomic E-state index is 0.0980. The van der Waals surface area contributed by atoms with Gasteiger partial charge in [0.1, 0.15) is 0 Å². The standard InChI is InChI=1S/C10H16N2O3/c13-9(11-4-1-2-5-11)8-3-6-12(7-8)10(14)15/h8H,1-7H2,(H,14,15)/t8-/m0/s1. The first-order chi connectivity index (χ1) is 7.18. The molecular formula is C10H16N2O3. The SMILES string of the molecule is O=C(O)N1CC[C@H](C(=O)N2CCCC2)C1. The Labute approximate surface area is 88.6 Å². The lowest BCUT2D eigenvalue weighted by atomic mass is 10.1. The third kappa shape index (κ3) is 2.06. The van der Waals surface area contributed by atoms with Gasteiger partial charge >= 0.3 is 6.09 Å². The predicted molar refractivity (Wildman–Crippen MR) is 53.5 cm³/mol. The highest BCUT2D eigenvalue weighted by molar-refractivity contribution is 5.80. The van der Waals surface area contributed by atoms with Crippen LogP contribution in [0, 0.1) is 5.92 Å². The summed E-state index contributed by atoms with van der Waals surface area (Å²) in [6.07, 6.45) is 1.94. The lowest BCUT2D eigenvalue weighted by Gasteiger charge is -2.19. The maximum atomic E-state index is 11.9. The van der Waals surface area contributed by atoms with Crippen molar-refractivity contribution < 1.29 is 14.7 Å². The maximum Gasteiger partial charge on any atom is 0.407 e. The summed E-state index contributed by atoms with van der Waals surface area (Å²) in [5.41, 5.74) is 0. The molecule has 2 saturated heterocycles. The van der Waals surface area contributed by atoms with E-state index in [0.717, 1.165) is 25.9 Å². The van der Waals surface area contributed by atoms with Gasteiger partial charge in [0.15, 0.2) is 0 Å². The number of nitrogens with zero attached hydrogens (tertiary/aromatic N) is 2. The summed E-state index contributed by atoms with van der Waals surface area (Å²) in [5, 5.41) is 8.78. The third-order valence-corrected chi connectivity index (χ3v) is 3.23. The van der Waals surface area contributed by atoms with E-state index in [9.17, 15) is 9.59 Å². The fraction of sp³-hybridized carbons (Fsp3) is 0.800. The molecule has 0 spiro atoms. The van der Waals surface area contributed by atoms with E-state index in [1.54, 1.807) is 0 Å². The van der Waals surface area contributed by atoms with Crippen LogP contribution in [0.4, 0.5) is 4.79 Å². The van der Waals surface area contributed by atoms with Crippen LogP contribution in [0.15, 0.2) is 0 Å². The lowest BCUT2D eigenvalue weighted by molar-refractivity contribution is -0.133. The molecule has 5 heteroatoms.